The SMILES string of the molecule is CCCCCCCCCCc1ccc(-c2cccc(O)c2)cc1. The molecule has 0 aliphatic carbocycles. The molecule has 2 aromatic rings. The molecule has 0 aliphatic heterocycles. The zero-order chi connectivity index (χ0) is 16.3. The molecule has 2 aromatic carbocycles. The lowest BCUT2D eigenvalue weighted by Gasteiger charge is -2.06. The highest BCUT2D eigenvalue weighted by molar-refractivity contribution is 5.65. The molecule has 2 rings (SSSR count). The van der Waals surface area contributed by atoms with Crippen LogP contribution in [0.4, 0.5) is 0 Å². The third-order valence-corrected chi connectivity index (χ3v) is 4.45. The minimum absolute atomic E-state index is 0.325. The first-order valence-corrected chi connectivity index (χ1v) is 9.18. The van der Waals surface area contributed by atoms with E-state index in [9.17, 15) is 5.11 Å². The lowest BCUT2D eigenvalue weighted by molar-refractivity contribution is 0.475. The average molecular weight is 310 g/mol. The van der Waals surface area contributed by atoms with Gasteiger partial charge in [0.1, 0.15) is 5.75 Å². The summed E-state index contributed by atoms with van der Waals surface area (Å²) in [6, 6.07) is 16.2. The van der Waals surface area contributed by atoms with Crippen LogP contribution in [0, 0.1) is 0 Å². The van der Waals surface area contributed by atoms with Crippen molar-refractivity contribution in [2.24, 2.45) is 0 Å². The van der Waals surface area contributed by atoms with Crippen molar-refractivity contribution >= 4 is 0 Å². The van der Waals surface area contributed by atoms with Crippen molar-refractivity contribution < 1.29 is 5.11 Å². The van der Waals surface area contributed by atoms with Crippen molar-refractivity contribution in [1.29, 1.82) is 0 Å². The minimum atomic E-state index is 0.325. The molecule has 0 bridgehead atoms. The molecule has 0 aliphatic rings. The lowest BCUT2D eigenvalue weighted by Crippen LogP contribution is -1.87. The predicted octanol–water partition coefficient (Wildman–Crippen LogP) is 6.74. The first-order chi connectivity index (χ1) is 11.3. The van der Waals surface area contributed by atoms with Crippen molar-refractivity contribution in [2.45, 2.75) is 64.7 Å². The van der Waals surface area contributed by atoms with Crippen LogP contribution in [-0.2, 0) is 6.42 Å². The molecule has 1 nitrogen and oxygen atoms in total. The van der Waals surface area contributed by atoms with Gasteiger partial charge in [-0.2, -0.15) is 0 Å². The van der Waals surface area contributed by atoms with Gasteiger partial charge in [-0.3, -0.25) is 0 Å². The molecule has 0 unspecified atom stereocenters. The van der Waals surface area contributed by atoms with Gasteiger partial charge in [0.15, 0.2) is 0 Å². The van der Waals surface area contributed by atoms with Gasteiger partial charge in [-0.25, -0.2) is 0 Å². The van der Waals surface area contributed by atoms with E-state index in [4.69, 9.17) is 0 Å². The molecular formula is C22H30O. The van der Waals surface area contributed by atoms with Crippen LogP contribution in [0.2, 0.25) is 0 Å². The summed E-state index contributed by atoms with van der Waals surface area (Å²) in [7, 11) is 0. The summed E-state index contributed by atoms with van der Waals surface area (Å²) in [6.45, 7) is 2.27. The molecule has 0 atom stereocenters. The average Bonchev–Trinajstić information content (AvgIpc) is 2.58. The number of benzene rings is 2. The molecule has 0 amide bonds. The smallest absolute Gasteiger partial charge is 0.116 e. The van der Waals surface area contributed by atoms with Crippen molar-refractivity contribution in [3.63, 3.8) is 0 Å². The molecule has 0 aromatic heterocycles. The quantitative estimate of drug-likeness (QED) is 0.482. The van der Waals surface area contributed by atoms with Crippen LogP contribution < -0.4 is 0 Å². The van der Waals surface area contributed by atoms with Crippen LogP contribution >= 0.6 is 0 Å². The number of hydrogen-bond donors (Lipinski definition) is 1. The normalized spacial score (nSPS) is 10.8. The summed E-state index contributed by atoms with van der Waals surface area (Å²) in [4.78, 5) is 0. The summed E-state index contributed by atoms with van der Waals surface area (Å²) in [6.07, 6.45) is 12.1. The second-order valence-corrected chi connectivity index (χ2v) is 6.47. The van der Waals surface area contributed by atoms with E-state index in [2.05, 4.69) is 31.2 Å². The second-order valence-electron chi connectivity index (χ2n) is 6.47. The molecular weight excluding hydrogens is 280 g/mol. The van der Waals surface area contributed by atoms with E-state index in [0.29, 0.717) is 5.75 Å². The highest BCUT2D eigenvalue weighted by Crippen LogP contribution is 2.23. The van der Waals surface area contributed by atoms with E-state index in [1.165, 1.54) is 68.9 Å². The molecule has 0 fully saturated rings. The summed E-state index contributed by atoms with van der Waals surface area (Å²) >= 11 is 0. The Labute approximate surface area is 141 Å². The van der Waals surface area contributed by atoms with Crippen LogP contribution in [-0.4, -0.2) is 5.11 Å². The maximum Gasteiger partial charge on any atom is 0.116 e. The Morgan fingerprint density at radius 2 is 1.35 bits per heavy atom. The molecule has 0 radical (unpaired) electrons. The van der Waals surface area contributed by atoms with Crippen molar-refractivity contribution in [3.8, 4) is 16.9 Å². The molecule has 23 heavy (non-hydrogen) atoms. The number of unbranched alkanes of at least 4 members (excludes halogenated alkanes) is 7. The minimum Gasteiger partial charge on any atom is -0.508 e. The summed E-state index contributed by atoms with van der Waals surface area (Å²) in [5.41, 5.74) is 3.66. The predicted molar refractivity (Wildman–Crippen MR) is 99.9 cm³/mol. The maximum absolute atomic E-state index is 9.56. The third kappa shape index (κ3) is 6.48. The van der Waals surface area contributed by atoms with Gasteiger partial charge >= 0.3 is 0 Å². The summed E-state index contributed by atoms with van der Waals surface area (Å²) < 4.78 is 0. The Bertz CT molecular complexity index is 556. The maximum atomic E-state index is 9.56. The molecule has 0 heterocycles. The van der Waals surface area contributed by atoms with E-state index < -0.39 is 0 Å². The topological polar surface area (TPSA) is 20.2 Å². The Balaban J connectivity index is 1.69. The number of aryl methyl sites for hydroxylation is 1. The molecule has 0 spiro atoms. The Morgan fingerprint density at radius 3 is 2.00 bits per heavy atom. The van der Waals surface area contributed by atoms with E-state index in [1.807, 2.05) is 18.2 Å². The van der Waals surface area contributed by atoms with Crippen molar-refractivity contribution in [2.75, 3.05) is 0 Å². The lowest BCUT2D eigenvalue weighted by atomic mass is 10.0. The number of rotatable bonds is 10. The van der Waals surface area contributed by atoms with Crippen LogP contribution in [0.1, 0.15) is 63.9 Å². The highest BCUT2D eigenvalue weighted by Gasteiger charge is 2.00. The Kier molecular flexibility index (Phi) is 7.72. The van der Waals surface area contributed by atoms with Gasteiger partial charge < -0.3 is 5.11 Å². The summed E-state index contributed by atoms with van der Waals surface area (Å²) in [5.74, 6) is 0.325. The summed E-state index contributed by atoms with van der Waals surface area (Å²) in [5, 5.41) is 9.56. The van der Waals surface area contributed by atoms with E-state index >= 15 is 0 Å². The van der Waals surface area contributed by atoms with Gasteiger partial charge in [0.25, 0.3) is 0 Å². The van der Waals surface area contributed by atoms with Gasteiger partial charge in [-0.1, -0.05) is 88.3 Å². The number of aromatic hydroxyl groups is 1. The molecule has 1 N–H and O–H groups in total. The number of hydrogen-bond acceptors (Lipinski definition) is 1. The monoisotopic (exact) mass is 310 g/mol. The fraction of sp³-hybridized carbons (Fsp3) is 0.455. The van der Waals surface area contributed by atoms with Crippen LogP contribution in [0.15, 0.2) is 48.5 Å². The second kappa shape index (κ2) is 10.1. The van der Waals surface area contributed by atoms with Gasteiger partial charge in [-0.15, -0.1) is 0 Å². The third-order valence-electron chi connectivity index (χ3n) is 4.45. The number of phenolic OH excluding ortho intramolecular Hbond substituents is 1. The van der Waals surface area contributed by atoms with Gasteiger partial charge in [-0.05, 0) is 41.7 Å². The standard InChI is InChI=1S/C22H30O/c1-2-3-4-5-6-7-8-9-11-19-14-16-20(17-15-19)21-12-10-13-22(23)18-21/h10,12-18,23H,2-9,11H2,1H3. The van der Waals surface area contributed by atoms with Crippen molar-refractivity contribution in [1.82, 2.24) is 0 Å². The van der Waals surface area contributed by atoms with Gasteiger partial charge in [0.05, 0.1) is 0 Å². The first kappa shape index (κ1) is 17.6. The van der Waals surface area contributed by atoms with E-state index in [1.54, 1.807) is 6.07 Å². The van der Waals surface area contributed by atoms with Gasteiger partial charge in [0.2, 0.25) is 0 Å². The van der Waals surface area contributed by atoms with Crippen LogP contribution in [0.5, 0.6) is 5.75 Å². The largest absolute Gasteiger partial charge is 0.508 e. The fourth-order valence-corrected chi connectivity index (χ4v) is 3.01. The Hall–Kier alpha value is -1.76. The van der Waals surface area contributed by atoms with E-state index in [-0.39, 0.29) is 0 Å². The molecule has 0 saturated heterocycles. The highest BCUT2D eigenvalue weighted by atomic mass is 16.3. The van der Waals surface area contributed by atoms with Crippen LogP contribution in [0.25, 0.3) is 11.1 Å². The van der Waals surface area contributed by atoms with E-state index in [0.717, 1.165) is 5.56 Å². The number of phenols is 1. The molecule has 0 saturated carbocycles. The zero-order valence-electron chi connectivity index (χ0n) is 14.4. The van der Waals surface area contributed by atoms with Crippen molar-refractivity contribution in [3.05, 3.63) is 54.1 Å². The zero-order valence-corrected chi connectivity index (χ0v) is 14.4. The Morgan fingerprint density at radius 1 is 0.696 bits per heavy atom. The first-order valence-electron chi connectivity index (χ1n) is 9.18. The van der Waals surface area contributed by atoms with Gasteiger partial charge in [0, 0.05) is 0 Å². The fourth-order valence-electron chi connectivity index (χ4n) is 3.01. The van der Waals surface area contributed by atoms with Crippen LogP contribution in [0.3, 0.4) is 0 Å². The molecule has 1 heteroatoms. The molecule has 124 valence electrons.